The number of anilines is 1. The van der Waals surface area contributed by atoms with Gasteiger partial charge in [-0.3, -0.25) is 4.79 Å². The Bertz CT molecular complexity index is 673. The number of likely N-dealkylation sites (tertiary alicyclic amines) is 1. The average Bonchev–Trinajstić information content (AvgIpc) is 3.17. The molecule has 3 rings (SSSR count). The molecule has 6 heteroatoms. The summed E-state index contributed by atoms with van der Waals surface area (Å²) in [5.41, 5.74) is 0.939. The smallest absolute Gasteiger partial charge is 0.230 e. The lowest BCUT2D eigenvalue weighted by Gasteiger charge is -2.09. The number of rotatable bonds is 3. The molecule has 1 amide bonds. The number of nitrogens with one attached hydrogen (secondary N) is 1. The topological polar surface area (TPSA) is 74.0 Å². The van der Waals surface area contributed by atoms with Crippen LogP contribution < -0.4 is 5.32 Å². The predicted octanol–water partition coefficient (Wildman–Crippen LogP) is 1.61. The zero-order valence-corrected chi connectivity index (χ0v) is 11.4. The molecule has 1 unspecified atom stereocenters. The first-order valence-electron chi connectivity index (χ1n) is 6.83. The molecule has 2 aromatic rings. The fourth-order valence-corrected chi connectivity index (χ4v) is 2.41. The van der Waals surface area contributed by atoms with Crippen LogP contribution >= 0.6 is 0 Å². The van der Waals surface area contributed by atoms with Gasteiger partial charge in [-0.15, -0.1) is 0 Å². The fraction of sp³-hybridized carbons (Fsp3) is 0.267. The van der Waals surface area contributed by atoms with Crippen molar-refractivity contribution in [3.8, 4) is 11.9 Å². The van der Waals surface area contributed by atoms with Crippen LogP contribution in [0.3, 0.4) is 0 Å². The van der Waals surface area contributed by atoms with Gasteiger partial charge in [0.2, 0.25) is 5.91 Å². The maximum atomic E-state index is 12.1. The van der Waals surface area contributed by atoms with E-state index in [4.69, 9.17) is 5.26 Å². The normalized spacial score (nSPS) is 17.5. The Kier molecular flexibility index (Phi) is 3.56. The SMILES string of the molecule is N#CN1CCC(C(=O)Nc2ccn(-c3ccccc3)n2)C1. The van der Waals surface area contributed by atoms with E-state index in [1.54, 1.807) is 21.8 Å². The minimum Gasteiger partial charge on any atom is -0.310 e. The number of hydrogen-bond acceptors (Lipinski definition) is 4. The number of benzene rings is 1. The van der Waals surface area contributed by atoms with Crippen molar-refractivity contribution in [1.29, 1.82) is 5.26 Å². The second-order valence-corrected chi connectivity index (χ2v) is 5.00. The molecule has 6 nitrogen and oxygen atoms in total. The molecule has 0 spiro atoms. The van der Waals surface area contributed by atoms with Crippen LogP contribution in [0.15, 0.2) is 42.6 Å². The average molecular weight is 281 g/mol. The Morgan fingerprint density at radius 2 is 2.14 bits per heavy atom. The highest BCUT2D eigenvalue weighted by molar-refractivity contribution is 5.92. The second-order valence-electron chi connectivity index (χ2n) is 5.00. The Hall–Kier alpha value is -2.81. The van der Waals surface area contributed by atoms with Gasteiger partial charge in [-0.25, -0.2) is 4.68 Å². The molecule has 0 bridgehead atoms. The van der Waals surface area contributed by atoms with Crippen molar-refractivity contribution in [2.75, 3.05) is 18.4 Å². The number of para-hydroxylation sites is 1. The predicted molar refractivity (Wildman–Crippen MR) is 77.5 cm³/mol. The largest absolute Gasteiger partial charge is 0.310 e. The maximum absolute atomic E-state index is 12.1. The molecule has 0 radical (unpaired) electrons. The van der Waals surface area contributed by atoms with E-state index in [2.05, 4.69) is 16.6 Å². The van der Waals surface area contributed by atoms with Crippen LogP contribution in [0, 0.1) is 17.4 Å². The number of amides is 1. The van der Waals surface area contributed by atoms with Gasteiger partial charge in [-0.1, -0.05) is 18.2 Å². The molecule has 2 heterocycles. The first-order valence-corrected chi connectivity index (χ1v) is 6.83. The van der Waals surface area contributed by atoms with Crippen molar-refractivity contribution >= 4 is 11.7 Å². The lowest BCUT2D eigenvalue weighted by molar-refractivity contribution is -0.119. The molecule has 1 aromatic heterocycles. The molecular weight excluding hydrogens is 266 g/mol. The van der Waals surface area contributed by atoms with E-state index in [1.165, 1.54) is 0 Å². The maximum Gasteiger partial charge on any atom is 0.230 e. The van der Waals surface area contributed by atoms with Gasteiger partial charge < -0.3 is 10.2 Å². The molecule has 0 aliphatic carbocycles. The quantitative estimate of drug-likeness (QED) is 0.867. The van der Waals surface area contributed by atoms with Crippen molar-refractivity contribution in [1.82, 2.24) is 14.7 Å². The monoisotopic (exact) mass is 281 g/mol. The highest BCUT2D eigenvalue weighted by atomic mass is 16.2. The lowest BCUT2D eigenvalue weighted by atomic mass is 10.1. The molecule has 1 atom stereocenters. The first-order chi connectivity index (χ1) is 10.3. The van der Waals surface area contributed by atoms with Gasteiger partial charge in [-0.2, -0.15) is 10.4 Å². The molecule has 1 aliphatic rings. The van der Waals surface area contributed by atoms with Gasteiger partial charge in [0.25, 0.3) is 0 Å². The van der Waals surface area contributed by atoms with Gasteiger partial charge in [0.15, 0.2) is 12.0 Å². The highest BCUT2D eigenvalue weighted by Crippen LogP contribution is 2.17. The van der Waals surface area contributed by atoms with E-state index in [-0.39, 0.29) is 11.8 Å². The van der Waals surface area contributed by atoms with E-state index in [9.17, 15) is 4.79 Å². The van der Waals surface area contributed by atoms with Gasteiger partial charge in [-0.05, 0) is 18.6 Å². The van der Waals surface area contributed by atoms with Crippen LogP contribution in [0.4, 0.5) is 5.82 Å². The van der Waals surface area contributed by atoms with Crippen LogP contribution in [-0.4, -0.2) is 33.7 Å². The van der Waals surface area contributed by atoms with Crippen molar-refractivity contribution in [3.63, 3.8) is 0 Å². The molecular formula is C15H15N5O. The summed E-state index contributed by atoms with van der Waals surface area (Å²) in [4.78, 5) is 13.7. The van der Waals surface area contributed by atoms with Crippen LogP contribution in [0.1, 0.15) is 6.42 Å². The van der Waals surface area contributed by atoms with Crippen molar-refractivity contribution < 1.29 is 4.79 Å². The summed E-state index contributed by atoms with van der Waals surface area (Å²) in [5.74, 6) is 0.303. The minimum atomic E-state index is -0.147. The van der Waals surface area contributed by atoms with E-state index in [1.807, 2.05) is 30.3 Å². The lowest BCUT2D eigenvalue weighted by Crippen LogP contribution is -2.25. The molecule has 106 valence electrons. The number of nitriles is 1. The number of aromatic nitrogens is 2. The zero-order valence-electron chi connectivity index (χ0n) is 11.4. The Morgan fingerprint density at radius 3 is 2.86 bits per heavy atom. The van der Waals surface area contributed by atoms with Crippen LogP contribution in [0.5, 0.6) is 0 Å². The van der Waals surface area contributed by atoms with Crippen LogP contribution in [0.2, 0.25) is 0 Å². The van der Waals surface area contributed by atoms with E-state index in [0.717, 1.165) is 5.69 Å². The Balaban J connectivity index is 1.65. The van der Waals surface area contributed by atoms with E-state index < -0.39 is 0 Å². The Morgan fingerprint density at radius 1 is 1.33 bits per heavy atom. The van der Waals surface area contributed by atoms with Crippen LogP contribution in [-0.2, 0) is 4.79 Å². The minimum absolute atomic E-state index is 0.0777. The molecule has 1 saturated heterocycles. The fourth-order valence-electron chi connectivity index (χ4n) is 2.41. The van der Waals surface area contributed by atoms with Gasteiger partial charge in [0.05, 0.1) is 11.6 Å². The number of carbonyl (C=O) groups excluding carboxylic acids is 1. The molecule has 1 N–H and O–H groups in total. The van der Waals surface area contributed by atoms with Crippen molar-refractivity contribution in [3.05, 3.63) is 42.6 Å². The molecule has 1 aromatic carbocycles. The summed E-state index contributed by atoms with van der Waals surface area (Å²) < 4.78 is 1.71. The summed E-state index contributed by atoms with van der Waals surface area (Å²) in [6.07, 6.45) is 4.59. The molecule has 0 saturated carbocycles. The molecule has 1 aliphatic heterocycles. The third-order valence-electron chi connectivity index (χ3n) is 3.56. The third-order valence-corrected chi connectivity index (χ3v) is 3.56. The summed E-state index contributed by atoms with van der Waals surface area (Å²) in [6.45, 7) is 1.13. The standard InChI is InChI=1S/C15H15N5O/c16-11-19-8-6-12(10-19)15(21)17-14-7-9-20(18-14)13-4-2-1-3-5-13/h1-5,7,9,12H,6,8,10H2,(H,17,18,21). The van der Waals surface area contributed by atoms with Crippen molar-refractivity contribution in [2.45, 2.75) is 6.42 Å². The summed E-state index contributed by atoms with van der Waals surface area (Å²) in [5, 5.41) is 16.0. The van der Waals surface area contributed by atoms with Gasteiger partial charge in [0.1, 0.15) is 0 Å². The zero-order chi connectivity index (χ0) is 14.7. The third kappa shape index (κ3) is 2.87. The molecule has 1 fully saturated rings. The van der Waals surface area contributed by atoms with Crippen molar-refractivity contribution in [2.24, 2.45) is 5.92 Å². The number of carbonyl (C=O) groups is 1. The molecule has 21 heavy (non-hydrogen) atoms. The second kappa shape index (κ2) is 5.67. The Labute approximate surface area is 122 Å². The van der Waals surface area contributed by atoms with Gasteiger partial charge in [0, 0.05) is 25.4 Å². The summed E-state index contributed by atoms with van der Waals surface area (Å²) >= 11 is 0. The van der Waals surface area contributed by atoms with Gasteiger partial charge >= 0.3 is 0 Å². The van der Waals surface area contributed by atoms with E-state index in [0.29, 0.717) is 25.3 Å². The number of hydrogen-bond donors (Lipinski definition) is 1. The number of nitrogens with zero attached hydrogens (tertiary/aromatic N) is 4. The highest BCUT2D eigenvalue weighted by Gasteiger charge is 2.28. The van der Waals surface area contributed by atoms with Crippen LogP contribution in [0.25, 0.3) is 5.69 Å². The summed E-state index contributed by atoms with van der Waals surface area (Å²) in [7, 11) is 0. The summed E-state index contributed by atoms with van der Waals surface area (Å²) in [6, 6.07) is 11.5. The first kappa shape index (κ1) is 13.2. The van der Waals surface area contributed by atoms with E-state index >= 15 is 0 Å².